The largest absolute Gasteiger partial charge is 0.360 e. The van der Waals surface area contributed by atoms with Crippen LogP contribution >= 0.6 is 0 Å². The normalized spacial score (nSPS) is 17.3. The molecule has 2 rings (SSSR count). The summed E-state index contributed by atoms with van der Waals surface area (Å²) >= 11 is 0. The molecule has 0 unspecified atom stereocenters. The monoisotopic (exact) mass is 219 g/mol. The summed E-state index contributed by atoms with van der Waals surface area (Å²) < 4.78 is 0. The first-order valence-corrected chi connectivity index (χ1v) is 6.19. The van der Waals surface area contributed by atoms with Gasteiger partial charge in [-0.2, -0.15) is 0 Å². The lowest BCUT2D eigenvalue weighted by Gasteiger charge is -2.25. The summed E-state index contributed by atoms with van der Waals surface area (Å²) in [5.41, 5.74) is 0. The number of hydrogen-bond donors (Lipinski definition) is 1. The van der Waals surface area contributed by atoms with Crippen LogP contribution in [0, 0.1) is 5.92 Å². The molecule has 0 bridgehead atoms. The van der Waals surface area contributed by atoms with E-state index in [0.717, 1.165) is 18.3 Å². The third-order valence-corrected chi connectivity index (χ3v) is 3.37. The molecule has 0 aliphatic carbocycles. The minimum Gasteiger partial charge on any atom is -0.360 e. The van der Waals surface area contributed by atoms with Crippen LogP contribution in [-0.2, 0) is 0 Å². The number of hydrogen-bond acceptors (Lipinski definition) is 3. The molecule has 0 spiro atoms. The molecule has 0 atom stereocenters. The fraction of sp³-hybridized carbons (Fsp3) is 0.615. The zero-order valence-corrected chi connectivity index (χ0v) is 10.0. The topological polar surface area (TPSA) is 28.2 Å². The summed E-state index contributed by atoms with van der Waals surface area (Å²) in [5, 5.41) is 3.41. The predicted octanol–water partition coefficient (Wildman–Crippen LogP) is 1.91. The van der Waals surface area contributed by atoms with Crippen molar-refractivity contribution < 1.29 is 0 Å². The second-order valence-electron chi connectivity index (χ2n) is 4.59. The van der Waals surface area contributed by atoms with Gasteiger partial charge < -0.3 is 10.2 Å². The van der Waals surface area contributed by atoms with Crippen LogP contribution < -0.4 is 10.2 Å². The average molecular weight is 219 g/mol. The lowest BCUT2D eigenvalue weighted by Crippen LogP contribution is -2.30. The van der Waals surface area contributed by atoms with Crippen LogP contribution in [0.2, 0.25) is 0 Å². The van der Waals surface area contributed by atoms with Crippen molar-refractivity contribution in [3.63, 3.8) is 0 Å². The molecule has 16 heavy (non-hydrogen) atoms. The molecule has 1 aromatic rings. The molecule has 1 aliphatic rings. The van der Waals surface area contributed by atoms with Crippen molar-refractivity contribution in [1.29, 1.82) is 0 Å². The van der Waals surface area contributed by atoms with Crippen LogP contribution in [0.3, 0.4) is 0 Å². The maximum Gasteiger partial charge on any atom is 0.128 e. The van der Waals surface area contributed by atoms with Gasteiger partial charge in [0, 0.05) is 19.8 Å². The Morgan fingerprint density at radius 1 is 1.38 bits per heavy atom. The highest BCUT2D eigenvalue weighted by atomic mass is 15.2. The quantitative estimate of drug-likeness (QED) is 0.838. The van der Waals surface area contributed by atoms with Crippen molar-refractivity contribution in [2.45, 2.75) is 19.3 Å². The van der Waals surface area contributed by atoms with E-state index in [1.165, 1.54) is 32.4 Å². The molecule has 3 nitrogen and oxygen atoms in total. The highest BCUT2D eigenvalue weighted by molar-refractivity contribution is 5.36. The van der Waals surface area contributed by atoms with Crippen molar-refractivity contribution in [2.24, 2.45) is 5.92 Å². The summed E-state index contributed by atoms with van der Waals surface area (Å²) in [6, 6.07) is 6.08. The van der Waals surface area contributed by atoms with E-state index in [2.05, 4.69) is 28.3 Å². The Morgan fingerprint density at radius 3 is 2.88 bits per heavy atom. The average Bonchev–Trinajstić information content (AvgIpc) is 2.38. The van der Waals surface area contributed by atoms with E-state index in [0.29, 0.717) is 0 Å². The summed E-state index contributed by atoms with van der Waals surface area (Å²) in [7, 11) is 2.13. The first-order valence-electron chi connectivity index (χ1n) is 6.19. The second-order valence-corrected chi connectivity index (χ2v) is 4.59. The number of pyridine rings is 1. The Kier molecular flexibility index (Phi) is 4.17. The first-order chi connectivity index (χ1) is 7.86. The third kappa shape index (κ3) is 3.20. The lowest BCUT2D eigenvalue weighted by atomic mass is 9.94. The smallest absolute Gasteiger partial charge is 0.128 e. The number of nitrogens with zero attached hydrogens (tertiary/aromatic N) is 2. The molecule has 1 N–H and O–H groups in total. The number of piperidine rings is 1. The molecule has 1 fully saturated rings. The molecular formula is C13H21N3. The molecule has 88 valence electrons. The van der Waals surface area contributed by atoms with E-state index in [1.54, 1.807) is 0 Å². The van der Waals surface area contributed by atoms with Gasteiger partial charge in [-0.15, -0.1) is 0 Å². The van der Waals surface area contributed by atoms with Gasteiger partial charge in [-0.1, -0.05) is 6.07 Å². The molecule has 0 saturated carbocycles. The number of rotatable bonds is 4. The van der Waals surface area contributed by atoms with Gasteiger partial charge in [0.2, 0.25) is 0 Å². The second kappa shape index (κ2) is 5.85. The van der Waals surface area contributed by atoms with Gasteiger partial charge in [-0.05, 0) is 50.4 Å². The van der Waals surface area contributed by atoms with Crippen molar-refractivity contribution in [1.82, 2.24) is 10.3 Å². The van der Waals surface area contributed by atoms with E-state index in [9.17, 15) is 0 Å². The fourth-order valence-corrected chi connectivity index (χ4v) is 2.24. The van der Waals surface area contributed by atoms with Gasteiger partial charge in [-0.3, -0.25) is 0 Å². The fourth-order valence-electron chi connectivity index (χ4n) is 2.24. The number of aromatic nitrogens is 1. The molecule has 2 heterocycles. The van der Waals surface area contributed by atoms with Gasteiger partial charge in [0.1, 0.15) is 5.82 Å². The standard InChI is InChI=1S/C13H21N3/c1-16(13-4-2-3-8-15-13)11-7-12-5-9-14-10-6-12/h2-4,8,12,14H,5-7,9-11H2,1H3. The lowest BCUT2D eigenvalue weighted by molar-refractivity contribution is 0.356. The summed E-state index contributed by atoms with van der Waals surface area (Å²) in [6.45, 7) is 3.50. The maximum atomic E-state index is 4.36. The van der Waals surface area contributed by atoms with Crippen LogP contribution in [0.25, 0.3) is 0 Å². The van der Waals surface area contributed by atoms with E-state index in [-0.39, 0.29) is 0 Å². The van der Waals surface area contributed by atoms with Gasteiger partial charge in [-0.25, -0.2) is 4.98 Å². The molecule has 3 heteroatoms. The zero-order valence-electron chi connectivity index (χ0n) is 10.0. The maximum absolute atomic E-state index is 4.36. The van der Waals surface area contributed by atoms with Crippen molar-refractivity contribution in [2.75, 3.05) is 31.6 Å². The van der Waals surface area contributed by atoms with Gasteiger partial charge >= 0.3 is 0 Å². The Labute approximate surface area is 97.9 Å². The molecule has 1 aromatic heterocycles. The summed E-state index contributed by atoms with van der Waals surface area (Å²) in [5.74, 6) is 1.98. The van der Waals surface area contributed by atoms with Crippen LogP contribution in [0.15, 0.2) is 24.4 Å². The van der Waals surface area contributed by atoms with Crippen LogP contribution in [0.5, 0.6) is 0 Å². The minimum atomic E-state index is 0.896. The van der Waals surface area contributed by atoms with Crippen molar-refractivity contribution in [3.8, 4) is 0 Å². The van der Waals surface area contributed by atoms with E-state index in [4.69, 9.17) is 0 Å². The highest BCUT2D eigenvalue weighted by Crippen LogP contribution is 2.17. The van der Waals surface area contributed by atoms with Crippen molar-refractivity contribution in [3.05, 3.63) is 24.4 Å². The van der Waals surface area contributed by atoms with Crippen LogP contribution in [-0.4, -0.2) is 31.7 Å². The van der Waals surface area contributed by atoms with Crippen molar-refractivity contribution >= 4 is 5.82 Å². The third-order valence-electron chi connectivity index (χ3n) is 3.37. The van der Waals surface area contributed by atoms with E-state index >= 15 is 0 Å². The number of nitrogens with one attached hydrogen (secondary N) is 1. The highest BCUT2D eigenvalue weighted by Gasteiger charge is 2.13. The Hall–Kier alpha value is -1.09. The summed E-state index contributed by atoms with van der Waals surface area (Å²) in [6.07, 6.45) is 5.80. The minimum absolute atomic E-state index is 0.896. The molecule has 1 aliphatic heterocycles. The Balaban J connectivity index is 1.77. The Morgan fingerprint density at radius 2 is 2.19 bits per heavy atom. The van der Waals surface area contributed by atoms with Crippen LogP contribution in [0.4, 0.5) is 5.82 Å². The Bertz CT molecular complexity index is 293. The molecule has 1 saturated heterocycles. The first kappa shape index (κ1) is 11.4. The molecule has 0 radical (unpaired) electrons. The summed E-state index contributed by atoms with van der Waals surface area (Å²) in [4.78, 5) is 6.61. The molecular weight excluding hydrogens is 198 g/mol. The van der Waals surface area contributed by atoms with E-state index in [1.807, 2.05) is 18.3 Å². The number of anilines is 1. The van der Waals surface area contributed by atoms with E-state index < -0.39 is 0 Å². The van der Waals surface area contributed by atoms with Gasteiger partial charge in [0.15, 0.2) is 0 Å². The molecule has 0 aromatic carbocycles. The van der Waals surface area contributed by atoms with Gasteiger partial charge in [0.05, 0.1) is 0 Å². The SMILES string of the molecule is CN(CCC1CCNCC1)c1ccccn1. The predicted molar refractivity (Wildman–Crippen MR) is 67.7 cm³/mol. The van der Waals surface area contributed by atoms with Gasteiger partial charge in [0.25, 0.3) is 0 Å². The van der Waals surface area contributed by atoms with Crippen LogP contribution in [0.1, 0.15) is 19.3 Å². The zero-order chi connectivity index (χ0) is 11.2. The molecule has 0 amide bonds.